The van der Waals surface area contributed by atoms with Gasteiger partial charge in [-0.25, -0.2) is 0 Å². The number of rotatable bonds is 2. The molecule has 2 heteroatoms. The molecule has 0 bridgehead atoms. The summed E-state index contributed by atoms with van der Waals surface area (Å²) in [5.41, 5.74) is 1.12. The summed E-state index contributed by atoms with van der Waals surface area (Å²) < 4.78 is 6.25. The van der Waals surface area contributed by atoms with Crippen LogP contribution < -0.4 is 4.74 Å². The number of hydrogen-bond donors (Lipinski definition) is 0. The number of benzene rings is 1. The van der Waals surface area contributed by atoms with Gasteiger partial charge in [-0.3, -0.25) is 0 Å². The minimum absolute atomic E-state index is 0.875. The van der Waals surface area contributed by atoms with Crippen LogP contribution in [0.3, 0.4) is 0 Å². The molecule has 11 heavy (non-hydrogen) atoms. The van der Waals surface area contributed by atoms with Crippen molar-refractivity contribution < 1.29 is 4.74 Å². The quantitative estimate of drug-likeness (QED) is 0.743. The van der Waals surface area contributed by atoms with Crippen LogP contribution in [0, 0.1) is 3.57 Å². The summed E-state index contributed by atoms with van der Waals surface area (Å²) in [5, 5.41) is 0. The molecule has 1 aromatic carbocycles. The van der Waals surface area contributed by atoms with Crippen molar-refractivity contribution in [1.82, 2.24) is 0 Å². The number of methoxy groups -OCH3 is 1. The second kappa shape index (κ2) is 3.76. The first-order valence-electron chi connectivity index (χ1n) is 3.24. The summed E-state index contributed by atoms with van der Waals surface area (Å²) in [6.45, 7) is 3.71. The summed E-state index contributed by atoms with van der Waals surface area (Å²) in [6, 6.07) is 5.92. The van der Waals surface area contributed by atoms with Crippen LogP contribution in [0.1, 0.15) is 5.56 Å². The number of ether oxygens (including phenoxy) is 1. The van der Waals surface area contributed by atoms with E-state index in [1.165, 1.54) is 3.57 Å². The summed E-state index contributed by atoms with van der Waals surface area (Å²) in [5.74, 6) is 0.875. The largest absolute Gasteiger partial charge is 0.497 e. The molecule has 0 saturated carbocycles. The Kier molecular flexibility index (Phi) is 2.93. The van der Waals surface area contributed by atoms with Crippen LogP contribution in [0.2, 0.25) is 0 Å². The van der Waals surface area contributed by atoms with Crippen LogP contribution in [0.15, 0.2) is 24.8 Å². The normalized spacial score (nSPS) is 9.27. The summed E-state index contributed by atoms with van der Waals surface area (Å²) >= 11 is 2.27. The molecular weight excluding hydrogens is 251 g/mol. The first kappa shape index (κ1) is 8.59. The minimum Gasteiger partial charge on any atom is -0.497 e. The van der Waals surface area contributed by atoms with E-state index >= 15 is 0 Å². The van der Waals surface area contributed by atoms with Crippen LogP contribution in [0.4, 0.5) is 0 Å². The van der Waals surface area contributed by atoms with Crippen molar-refractivity contribution in [3.8, 4) is 5.75 Å². The highest BCUT2D eigenvalue weighted by molar-refractivity contribution is 14.1. The molecular formula is C9H9IO. The van der Waals surface area contributed by atoms with Gasteiger partial charge in [-0.1, -0.05) is 12.7 Å². The van der Waals surface area contributed by atoms with Crippen molar-refractivity contribution in [2.45, 2.75) is 0 Å². The van der Waals surface area contributed by atoms with E-state index in [9.17, 15) is 0 Å². The predicted octanol–water partition coefficient (Wildman–Crippen LogP) is 2.94. The van der Waals surface area contributed by atoms with Crippen LogP contribution in [-0.2, 0) is 0 Å². The molecule has 0 aliphatic rings. The molecule has 0 heterocycles. The van der Waals surface area contributed by atoms with Gasteiger partial charge in [0.25, 0.3) is 0 Å². The van der Waals surface area contributed by atoms with Gasteiger partial charge in [0.2, 0.25) is 0 Å². The zero-order chi connectivity index (χ0) is 8.27. The predicted molar refractivity (Wildman–Crippen MR) is 55.8 cm³/mol. The van der Waals surface area contributed by atoms with Gasteiger partial charge in [0.05, 0.1) is 7.11 Å². The van der Waals surface area contributed by atoms with Gasteiger partial charge < -0.3 is 4.74 Å². The fraction of sp³-hybridized carbons (Fsp3) is 0.111. The Hall–Kier alpha value is -0.510. The van der Waals surface area contributed by atoms with Crippen molar-refractivity contribution >= 4 is 28.7 Å². The molecule has 1 nitrogen and oxygen atoms in total. The Morgan fingerprint density at radius 3 is 2.82 bits per heavy atom. The van der Waals surface area contributed by atoms with Crippen molar-refractivity contribution in [3.05, 3.63) is 33.9 Å². The smallest absolute Gasteiger partial charge is 0.119 e. The molecule has 0 amide bonds. The second-order valence-corrected chi connectivity index (χ2v) is 3.25. The Morgan fingerprint density at radius 2 is 2.27 bits per heavy atom. The van der Waals surface area contributed by atoms with Crippen molar-refractivity contribution in [3.63, 3.8) is 0 Å². The summed E-state index contributed by atoms with van der Waals surface area (Å²) in [6.07, 6.45) is 1.82. The van der Waals surface area contributed by atoms with Gasteiger partial charge in [0, 0.05) is 3.57 Å². The van der Waals surface area contributed by atoms with E-state index in [4.69, 9.17) is 4.74 Å². The first-order chi connectivity index (χ1) is 5.27. The molecule has 0 aliphatic heterocycles. The van der Waals surface area contributed by atoms with E-state index < -0.39 is 0 Å². The van der Waals surface area contributed by atoms with E-state index in [1.54, 1.807) is 7.11 Å². The van der Waals surface area contributed by atoms with Crippen LogP contribution in [-0.4, -0.2) is 7.11 Å². The Balaban J connectivity index is 3.12. The van der Waals surface area contributed by atoms with E-state index in [2.05, 4.69) is 29.2 Å². The molecule has 0 spiro atoms. The lowest BCUT2D eigenvalue weighted by Gasteiger charge is -2.02. The van der Waals surface area contributed by atoms with Gasteiger partial charge in [0.1, 0.15) is 5.75 Å². The molecule has 1 rings (SSSR count). The van der Waals surface area contributed by atoms with Gasteiger partial charge in [-0.05, 0) is 46.4 Å². The fourth-order valence-corrected chi connectivity index (χ4v) is 1.36. The van der Waals surface area contributed by atoms with Crippen LogP contribution in [0.25, 0.3) is 6.08 Å². The fourth-order valence-electron chi connectivity index (χ4n) is 0.805. The molecule has 0 unspecified atom stereocenters. The third-order valence-corrected chi connectivity index (χ3v) is 2.41. The maximum atomic E-state index is 5.06. The molecule has 0 atom stereocenters. The first-order valence-corrected chi connectivity index (χ1v) is 4.32. The Morgan fingerprint density at radius 1 is 1.55 bits per heavy atom. The molecule has 0 saturated heterocycles. The summed E-state index contributed by atoms with van der Waals surface area (Å²) in [4.78, 5) is 0. The molecule has 1 aromatic rings. The highest BCUT2D eigenvalue weighted by Gasteiger charge is 1.96. The highest BCUT2D eigenvalue weighted by Crippen LogP contribution is 2.19. The SMILES string of the molecule is C=Cc1cc(OC)ccc1I. The van der Waals surface area contributed by atoms with E-state index in [-0.39, 0.29) is 0 Å². The molecule has 0 aromatic heterocycles. The third kappa shape index (κ3) is 1.96. The third-order valence-electron chi connectivity index (χ3n) is 1.42. The lowest BCUT2D eigenvalue weighted by atomic mass is 10.2. The molecule has 0 radical (unpaired) electrons. The Bertz CT molecular complexity index is 268. The van der Waals surface area contributed by atoms with Gasteiger partial charge in [-0.15, -0.1) is 0 Å². The molecule has 0 N–H and O–H groups in total. The standard InChI is InChI=1S/C9H9IO/c1-3-7-6-8(11-2)4-5-9(7)10/h3-6H,1H2,2H3. The second-order valence-electron chi connectivity index (χ2n) is 2.09. The summed E-state index contributed by atoms with van der Waals surface area (Å²) in [7, 11) is 1.66. The molecule has 58 valence electrons. The zero-order valence-corrected chi connectivity index (χ0v) is 8.46. The van der Waals surface area contributed by atoms with E-state index in [0.717, 1.165) is 11.3 Å². The maximum Gasteiger partial charge on any atom is 0.119 e. The Labute approximate surface area is 80.2 Å². The number of halogens is 1. The topological polar surface area (TPSA) is 9.23 Å². The minimum atomic E-state index is 0.875. The molecule has 0 aliphatic carbocycles. The van der Waals surface area contributed by atoms with Crippen LogP contribution in [0.5, 0.6) is 5.75 Å². The lowest BCUT2D eigenvalue weighted by molar-refractivity contribution is 0.414. The van der Waals surface area contributed by atoms with Gasteiger partial charge in [-0.2, -0.15) is 0 Å². The highest BCUT2D eigenvalue weighted by atomic mass is 127. The average molecular weight is 260 g/mol. The van der Waals surface area contributed by atoms with E-state index in [0.29, 0.717) is 0 Å². The van der Waals surface area contributed by atoms with Crippen molar-refractivity contribution in [1.29, 1.82) is 0 Å². The monoisotopic (exact) mass is 260 g/mol. The van der Waals surface area contributed by atoms with Gasteiger partial charge in [0.15, 0.2) is 0 Å². The van der Waals surface area contributed by atoms with Crippen LogP contribution >= 0.6 is 22.6 Å². The average Bonchev–Trinajstić information content (AvgIpc) is 2.05. The lowest BCUT2D eigenvalue weighted by Crippen LogP contribution is -1.85. The van der Waals surface area contributed by atoms with Gasteiger partial charge >= 0.3 is 0 Å². The molecule has 0 fully saturated rings. The maximum absolute atomic E-state index is 5.06. The zero-order valence-electron chi connectivity index (χ0n) is 6.30. The van der Waals surface area contributed by atoms with Crippen molar-refractivity contribution in [2.75, 3.05) is 7.11 Å². The number of hydrogen-bond acceptors (Lipinski definition) is 1. The van der Waals surface area contributed by atoms with E-state index in [1.807, 2.05) is 24.3 Å². The van der Waals surface area contributed by atoms with Crippen molar-refractivity contribution in [2.24, 2.45) is 0 Å².